The minimum atomic E-state index is -0.359. The highest BCUT2D eigenvalue weighted by Crippen LogP contribution is 2.15. The van der Waals surface area contributed by atoms with Crippen molar-refractivity contribution in [3.8, 4) is 5.75 Å². The molecule has 2 fully saturated rings. The Morgan fingerprint density at radius 1 is 1.16 bits per heavy atom. The Bertz CT molecular complexity index is 888. The van der Waals surface area contributed by atoms with Gasteiger partial charge in [0.15, 0.2) is 6.29 Å². The van der Waals surface area contributed by atoms with Crippen molar-refractivity contribution in [1.82, 2.24) is 15.7 Å². The molecular weight excluding hydrogens is 472 g/mol. The average molecular weight is 515 g/mol. The summed E-state index contributed by atoms with van der Waals surface area (Å²) in [6.45, 7) is 10.6. The van der Waals surface area contributed by atoms with Gasteiger partial charge in [0.25, 0.3) is 5.91 Å². The van der Waals surface area contributed by atoms with Crippen molar-refractivity contribution in [2.24, 2.45) is 4.99 Å². The van der Waals surface area contributed by atoms with Crippen molar-refractivity contribution in [3.63, 3.8) is 0 Å². The number of nitrogens with one attached hydrogen (secondary N) is 2. The zero-order chi connectivity index (χ0) is 26.1. The summed E-state index contributed by atoms with van der Waals surface area (Å²) in [5.41, 5.74) is 4.56. The molecule has 2 aliphatic rings. The lowest BCUT2D eigenvalue weighted by atomic mass is 10.2. The van der Waals surface area contributed by atoms with Gasteiger partial charge in [-0.1, -0.05) is 25.1 Å². The Hall–Kier alpha value is -2.72. The number of carbonyl (C=O) groups excluding carboxylic acids is 1. The zero-order valence-electron chi connectivity index (χ0n) is 22.2. The number of amides is 1. The molecule has 2 heterocycles. The molecule has 2 aliphatic heterocycles. The summed E-state index contributed by atoms with van der Waals surface area (Å²) in [4.78, 5) is 24.1. The number of benzene rings is 1. The molecule has 1 aromatic rings. The fourth-order valence-corrected chi connectivity index (χ4v) is 3.86. The number of nitrogens with zero attached hydrogens (tertiary/aromatic N) is 2. The summed E-state index contributed by atoms with van der Waals surface area (Å²) < 4.78 is 16.7. The summed E-state index contributed by atoms with van der Waals surface area (Å²) in [7, 11) is 0. The van der Waals surface area contributed by atoms with Crippen LogP contribution in [0.1, 0.15) is 51.5 Å². The first-order valence-corrected chi connectivity index (χ1v) is 13.4. The van der Waals surface area contributed by atoms with Crippen LogP contribution in [0, 0.1) is 0 Å². The van der Waals surface area contributed by atoms with Crippen LogP contribution in [0.3, 0.4) is 0 Å². The lowest BCUT2D eigenvalue weighted by molar-refractivity contribution is -0.198. The molecule has 1 unspecified atom stereocenters. The lowest BCUT2D eigenvalue weighted by Crippen LogP contribution is -2.35. The third-order valence-electron chi connectivity index (χ3n) is 6.04. The van der Waals surface area contributed by atoms with Crippen molar-refractivity contribution in [2.75, 3.05) is 46.1 Å². The quantitative estimate of drug-likeness (QED) is 0.103. The smallest absolute Gasteiger partial charge is 0.267 e. The number of rotatable bonds is 13. The van der Waals surface area contributed by atoms with Crippen molar-refractivity contribution in [3.05, 3.63) is 53.8 Å². The van der Waals surface area contributed by atoms with Crippen LogP contribution in [0.2, 0.25) is 0 Å². The predicted molar refractivity (Wildman–Crippen MR) is 144 cm³/mol. The fraction of sp³-hybridized carbons (Fsp3) is 0.571. The molecule has 9 nitrogen and oxygen atoms in total. The molecule has 2 N–H and O–H groups in total. The Labute approximate surface area is 220 Å². The summed E-state index contributed by atoms with van der Waals surface area (Å²) >= 11 is 0. The van der Waals surface area contributed by atoms with Gasteiger partial charge in [-0.05, 0) is 49.5 Å². The van der Waals surface area contributed by atoms with Gasteiger partial charge < -0.3 is 19.5 Å². The van der Waals surface area contributed by atoms with E-state index in [1.54, 1.807) is 12.3 Å². The maximum atomic E-state index is 11.9. The van der Waals surface area contributed by atoms with Gasteiger partial charge in [0.1, 0.15) is 11.6 Å². The van der Waals surface area contributed by atoms with E-state index >= 15 is 0 Å². The molecule has 0 bridgehead atoms. The highest BCUT2D eigenvalue weighted by atomic mass is 16.8. The minimum absolute atomic E-state index is 0.327. The van der Waals surface area contributed by atoms with Crippen LogP contribution in [0.5, 0.6) is 5.75 Å². The number of aliphatic imine (C=N–C) groups is 1. The van der Waals surface area contributed by atoms with E-state index in [-0.39, 0.29) is 12.2 Å². The second-order valence-corrected chi connectivity index (χ2v) is 9.18. The van der Waals surface area contributed by atoms with Gasteiger partial charge in [0.2, 0.25) is 0 Å². The monoisotopic (exact) mass is 514 g/mol. The molecule has 9 heteroatoms. The molecule has 1 atom stereocenters. The Morgan fingerprint density at radius 3 is 2.70 bits per heavy atom. The topological polar surface area (TPSA) is 93.7 Å². The van der Waals surface area contributed by atoms with E-state index < -0.39 is 0 Å². The highest BCUT2D eigenvalue weighted by Gasteiger charge is 2.15. The first kappa shape index (κ1) is 28.8. The molecule has 0 aliphatic carbocycles. The number of morpholine rings is 1. The van der Waals surface area contributed by atoms with E-state index in [4.69, 9.17) is 19.0 Å². The highest BCUT2D eigenvalue weighted by molar-refractivity contribution is 5.87. The first-order valence-electron chi connectivity index (χ1n) is 13.4. The van der Waals surface area contributed by atoms with E-state index in [1.807, 2.05) is 19.1 Å². The second-order valence-electron chi connectivity index (χ2n) is 9.18. The molecule has 37 heavy (non-hydrogen) atoms. The first-order chi connectivity index (χ1) is 18.1. The third-order valence-corrected chi connectivity index (χ3v) is 6.04. The van der Waals surface area contributed by atoms with Crippen LogP contribution in [0.25, 0.3) is 0 Å². The van der Waals surface area contributed by atoms with E-state index in [0.29, 0.717) is 13.2 Å². The van der Waals surface area contributed by atoms with Crippen LogP contribution >= 0.6 is 0 Å². The number of allylic oxidation sites excluding steroid dienone is 2. The number of carbonyl (C=O) groups is 1. The lowest BCUT2D eigenvalue weighted by Gasteiger charge is -2.26. The standard InChI is InChI=1S/C28H42N4O5/c1-3-26(30-21-23(2)8-13-27(33)31-37-28-7-4-5-17-36-28)29-14-6-18-35-25-11-9-24(10-12-25)22-32-15-19-34-20-16-32/h8-13,21,28H,3-7,14-20,22H2,1-2H3,(H,29,30)(H,31,33)/b13-8+,23-21+. The van der Waals surface area contributed by atoms with Crippen LogP contribution in [-0.4, -0.2) is 69.0 Å². The largest absolute Gasteiger partial charge is 0.494 e. The van der Waals surface area contributed by atoms with Gasteiger partial charge in [-0.3, -0.25) is 9.69 Å². The molecule has 1 aromatic carbocycles. The van der Waals surface area contributed by atoms with Crippen molar-refractivity contribution < 1.29 is 23.8 Å². The number of hydroxylamine groups is 1. The summed E-state index contributed by atoms with van der Waals surface area (Å²) in [6.07, 6.45) is 9.03. The minimum Gasteiger partial charge on any atom is -0.494 e. The van der Waals surface area contributed by atoms with Gasteiger partial charge in [-0.2, -0.15) is 0 Å². The van der Waals surface area contributed by atoms with E-state index in [9.17, 15) is 4.79 Å². The third kappa shape index (κ3) is 11.9. The van der Waals surface area contributed by atoms with Gasteiger partial charge in [-0.15, -0.1) is 0 Å². The van der Waals surface area contributed by atoms with Crippen molar-refractivity contribution in [1.29, 1.82) is 0 Å². The molecule has 1 amide bonds. The number of hydrogen-bond acceptors (Lipinski definition) is 7. The molecule has 0 saturated carbocycles. The van der Waals surface area contributed by atoms with Crippen LogP contribution in [0.15, 0.2) is 53.2 Å². The molecule has 2 saturated heterocycles. The van der Waals surface area contributed by atoms with E-state index in [2.05, 4.69) is 39.7 Å². The molecule has 0 spiro atoms. The Balaban J connectivity index is 1.29. The average Bonchev–Trinajstić information content (AvgIpc) is 2.94. The zero-order valence-corrected chi connectivity index (χ0v) is 22.2. The Morgan fingerprint density at radius 2 is 1.97 bits per heavy atom. The maximum absolute atomic E-state index is 11.9. The maximum Gasteiger partial charge on any atom is 0.267 e. The second kappa shape index (κ2) is 16.9. The van der Waals surface area contributed by atoms with Gasteiger partial charge in [0.05, 0.1) is 19.8 Å². The van der Waals surface area contributed by atoms with E-state index in [1.165, 1.54) is 11.6 Å². The van der Waals surface area contributed by atoms with Crippen LogP contribution in [-0.2, 0) is 25.7 Å². The number of ether oxygens (including phenoxy) is 3. The number of hydrogen-bond donors (Lipinski definition) is 2. The van der Waals surface area contributed by atoms with E-state index in [0.717, 1.165) is 88.7 Å². The normalized spacial score (nSPS) is 19.7. The predicted octanol–water partition coefficient (Wildman–Crippen LogP) is 3.72. The van der Waals surface area contributed by atoms with Gasteiger partial charge in [-0.25, -0.2) is 15.3 Å². The van der Waals surface area contributed by atoms with Gasteiger partial charge >= 0.3 is 0 Å². The fourth-order valence-electron chi connectivity index (χ4n) is 3.86. The SMILES string of the molecule is CC\C(=N/C=C(C)/C=C/C(=O)NOC1CCCCO1)NCCCOc1ccc(CN2CCOCC2)cc1. The molecule has 204 valence electrons. The van der Waals surface area contributed by atoms with Gasteiger partial charge in [0, 0.05) is 57.9 Å². The number of amidine groups is 1. The molecule has 0 aromatic heterocycles. The summed E-state index contributed by atoms with van der Waals surface area (Å²) in [6, 6.07) is 8.35. The van der Waals surface area contributed by atoms with Crippen LogP contribution in [0.4, 0.5) is 0 Å². The summed E-state index contributed by atoms with van der Waals surface area (Å²) in [5.74, 6) is 1.45. The van der Waals surface area contributed by atoms with Crippen LogP contribution < -0.4 is 15.5 Å². The summed E-state index contributed by atoms with van der Waals surface area (Å²) in [5, 5.41) is 3.36. The Kier molecular flexibility index (Phi) is 13.2. The molecule has 0 radical (unpaired) electrons. The van der Waals surface area contributed by atoms with Crippen molar-refractivity contribution in [2.45, 2.75) is 58.8 Å². The molecule has 3 rings (SSSR count). The van der Waals surface area contributed by atoms with Crippen molar-refractivity contribution >= 4 is 11.7 Å². The molecular formula is C28H42N4O5.